The van der Waals surface area contributed by atoms with Gasteiger partial charge in [0.2, 0.25) is 0 Å². The zero-order valence-corrected chi connectivity index (χ0v) is 8.74. The molecule has 1 N–H and O–H groups in total. The van der Waals surface area contributed by atoms with Crippen LogP contribution in [0.2, 0.25) is 0 Å². The van der Waals surface area contributed by atoms with E-state index in [1.807, 2.05) is 30.3 Å². The van der Waals surface area contributed by atoms with Gasteiger partial charge in [0, 0.05) is 5.75 Å². The second-order valence-electron chi connectivity index (χ2n) is 3.42. The third-order valence-electron chi connectivity index (χ3n) is 2.28. The molecule has 1 heterocycles. The van der Waals surface area contributed by atoms with Crippen LogP contribution in [-0.2, 0) is 4.74 Å². The molecule has 0 amide bonds. The maximum atomic E-state index is 9.83. The molecule has 1 aliphatic rings. The second kappa shape index (κ2) is 4.82. The lowest BCUT2D eigenvalue weighted by atomic mass is 10.1. The summed E-state index contributed by atoms with van der Waals surface area (Å²) in [4.78, 5) is 0. The molecule has 0 aliphatic carbocycles. The molecule has 1 aliphatic heterocycles. The van der Waals surface area contributed by atoms with Crippen LogP contribution in [0, 0.1) is 0 Å². The molecule has 0 saturated carbocycles. The zero-order valence-electron chi connectivity index (χ0n) is 7.93. The highest BCUT2D eigenvalue weighted by molar-refractivity contribution is 8.00. The number of aliphatic hydroxyl groups is 1. The van der Waals surface area contributed by atoms with Crippen LogP contribution >= 0.6 is 11.8 Å². The van der Waals surface area contributed by atoms with Gasteiger partial charge in [-0.05, 0) is 5.56 Å². The van der Waals surface area contributed by atoms with Crippen LogP contribution in [0.5, 0.6) is 0 Å². The summed E-state index contributed by atoms with van der Waals surface area (Å²) in [6.07, 6.45) is -0.346. The van der Waals surface area contributed by atoms with E-state index in [9.17, 15) is 5.11 Å². The summed E-state index contributed by atoms with van der Waals surface area (Å²) in [6, 6.07) is 9.79. The lowest BCUT2D eigenvalue weighted by Crippen LogP contribution is -2.31. The Labute approximate surface area is 88.3 Å². The largest absolute Gasteiger partial charge is 0.388 e. The lowest BCUT2D eigenvalue weighted by Gasteiger charge is -2.26. The number of benzene rings is 1. The first-order valence-corrected chi connectivity index (χ1v) is 5.83. The summed E-state index contributed by atoms with van der Waals surface area (Å²) < 4.78 is 5.07. The van der Waals surface area contributed by atoms with Gasteiger partial charge in [-0.1, -0.05) is 30.3 Å². The standard InChI is InChI=1S/C11H14O2S/c12-11(8-14-10-6-13-7-10)9-4-2-1-3-5-9/h1-5,10-12H,6-8H2. The number of thioether (sulfide) groups is 1. The molecular weight excluding hydrogens is 196 g/mol. The summed E-state index contributed by atoms with van der Waals surface area (Å²) in [5.74, 6) is 0.762. The van der Waals surface area contributed by atoms with Gasteiger partial charge >= 0.3 is 0 Å². The Morgan fingerprint density at radius 1 is 1.36 bits per heavy atom. The quantitative estimate of drug-likeness (QED) is 0.822. The Hall–Kier alpha value is -0.510. The summed E-state index contributed by atoms with van der Waals surface area (Å²) in [6.45, 7) is 1.68. The molecule has 1 unspecified atom stereocenters. The fraction of sp³-hybridized carbons (Fsp3) is 0.455. The van der Waals surface area contributed by atoms with Crippen LogP contribution in [0.25, 0.3) is 0 Å². The maximum absolute atomic E-state index is 9.83. The molecule has 76 valence electrons. The molecule has 0 bridgehead atoms. The van der Waals surface area contributed by atoms with E-state index in [4.69, 9.17) is 4.74 Å². The molecule has 0 spiro atoms. The number of ether oxygens (including phenoxy) is 1. The summed E-state index contributed by atoms with van der Waals surface area (Å²) >= 11 is 1.79. The lowest BCUT2D eigenvalue weighted by molar-refractivity contribution is 0.0452. The molecule has 14 heavy (non-hydrogen) atoms. The topological polar surface area (TPSA) is 29.5 Å². The molecule has 0 radical (unpaired) electrons. The molecule has 1 aromatic carbocycles. The average Bonchev–Trinajstić information content (AvgIpc) is 2.16. The summed E-state index contributed by atoms with van der Waals surface area (Å²) in [7, 11) is 0. The minimum atomic E-state index is -0.346. The highest BCUT2D eigenvalue weighted by Gasteiger charge is 2.20. The van der Waals surface area contributed by atoms with Gasteiger partial charge in [-0.25, -0.2) is 0 Å². The molecule has 3 heteroatoms. The van der Waals surface area contributed by atoms with Crippen LogP contribution in [-0.4, -0.2) is 29.3 Å². The highest BCUT2D eigenvalue weighted by atomic mass is 32.2. The normalized spacial score (nSPS) is 18.9. The SMILES string of the molecule is OC(CSC1COC1)c1ccccc1. The monoisotopic (exact) mass is 210 g/mol. The van der Waals surface area contributed by atoms with Crippen LogP contribution in [0.1, 0.15) is 11.7 Å². The molecule has 2 nitrogen and oxygen atoms in total. The van der Waals surface area contributed by atoms with E-state index in [1.54, 1.807) is 11.8 Å². The maximum Gasteiger partial charge on any atom is 0.0880 e. The molecule has 1 saturated heterocycles. The summed E-state index contributed by atoms with van der Waals surface area (Å²) in [5.41, 5.74) is 1.00. The fourth-order valence-corrected chi connectivity index (χ4v) is 2.34. The average molecular weight is 210 g/mol. The van der Waals surface area contributed by atoms with E-state index in [-0.39, 0.29) is 6.10 Å². The highest BCUT2D eigenvalue weighted by Crippen LogP contribution is 2.24. The van der Waals surface area contributed by atoms with Crippen LogP contribution in [0.4, 0.5) is 0 Å². The van der Waals surface area contributed by atoms with Gasteiger partial charge in [0.25, 0.3) is 0 Å². The smallest absolute Gasteiger partial charge is 0.0880 e. The number of aliphatic hydroxyl groups excluding tert-OH is 1. The second-order valence-corrected chi connectivity index (χ2v) is 4.75. The van der Waals surface area contributed by atoms with E-state index < -0.39 is 0 Å². The van der Waals surface area contributed by atoms with Gasteiger partial charge in [-0.15, -0.1) is 0 Å². The van der Waals surface area contributed by atoms with Crippen molar-refractivity contribution in [2.45, 2.75) is 11.4 Å². The Morgan fingerprint density at radius 2 is 2.07 bits per heavy atom. The minimum Gasteiger partial charge on any atom is -0.388 e. The van der Waals surface area contributed by atoms with Gasteiger partial charge < -0.3 is 9.84 Å². The van der Waals surface area contributed by atoms with Crippen molar-refractivity contribution in [2.24, 2.45) is 0 Å². The van der Waals surface area contributed by atoms with Crippen molar-refractivity contribution in [1.29, 1.82) is 0 Å². The van der Waals surface area contributed by atoms with Crippen molar-refractivity contribution in [3.8, 4) is 0 Å². The van der Waals surface area contributed by atoms with Crippen molar-refractivity contribution in [1.82, 2.24) is 0 Å². The number of hydrogen-bond acceptors (Lipinski definition) is 3. The third-order valence-corrected chi connectivity index (χ3v) is 3.53. The summed E-state index contributed by atoms with van der Waals surface area (Å²) in [5, 5.41) is 10.4. The van der Waals surface area contributed by atoms with E-state index in [2.05, 4.69) is 0 Å². The van der Waals surface area contributed by atoms with Gasteiger partial charge in [-0.3, -0.25) is 0 Å². The third kappa shape index (κ3) is 2.50. The molecule has 2 rings (SSSR count). The van der Waals surface area contributed by atoms with Crippen molar-refractivity contribution in [3.63, 3.8) is 0 Å². The molecule has 0 aromatic heterocycles. The number of hydrogen-bond donors (Lipinski definition) is 1. The van der Waals surface area contributed by atoms with E-state index in [0.29, 0.717) is 5.25 Å². The van der Waals surface area contributed by atoms with E-state index in [0.717, 1.165) is 24.5 Å². The van der Waals surface area contributed by atoms with Crippen molar-refractivity contribution < 1.29 is 9.84 Å². The minimum absolute atomic E-state index is 0.346. The first kappa shape index (κ1) is 10.0. The molecule has 1 atom stereocenters. The molecule has 1 fully saturated rings. The predicted molar refractivity (Wildman–Crippen MR) is 58.5 cm³/mol. The van der Waals surface area contributed by atoms with Crippen molar-refractivity contribution >= 4 is 11.8 Å². The Bertz CT molecular complexity index is 272. The fourth-order valence-electron chi connectivity index (χ4n) is 1.31. The van der Waals surface area contributed by atoms with Crippen molar-refractivity contribution in [2.75, 3.05) is 19.0 Å². The van der Waals surface area contributed by atoms with Crippen LogP contribution in [0.3, 0.4) is 0 Å². The zero-order chi connectivity index (χ0) is 9.80. The first-order chi connectivity index (χ1) is 6.86. The van der Waals surface area contributed by atoms with E-state index in [1.165, 1.54) is 0 Å². The number of rotatable bonds is 4. The van der Waals surface area contributed by atoms with Crippen LogP contribution < -0.4 is 0 Å². The van der Waals surface area contributed by atoms with Gasteiger partial charge in [0.05, 0.1) is 24.6 Å². The molecule has 1 aromatic rings. The Morgan fingerprint density at radius 3 is 2.64 bits per heavy atom. The van der Waals surface area contributed by atoms with Gasteiger partial charge in [-0.2, -0.15) is 11.8 Å². The Balaban J connectivity index is 1.80. The van der Waals surface area contributed by atoms with Gasteiger partial charge in [0.1, 0.15) is 0 Å². The van der Waals surface area contributed by atoms with Gasteiger partial charge in [0.15, 0.2) is 0 Å². The molecular formula is C11H14O2S. The Kier molecular flexibility index (Phi) is 3.45. The van der Waals surface area contributed by atoms with E-state index >= 15 is 0 Å². The predicted octanol–water partition coefficient (Wildman–Crippen LogP) is 1.85. The van der Waals surface area contributed by atoms with Crippen LogP contribution in [0.15, 0.2) is 30.3 Å². The first-order valence-electron chi connectivity index (χ1n) is 4.78. The van der Waals surface area contributed by atoms with Crippen molar-refractivity contribution in [3.05, 3.63) is 35.9 Å².